The van der Waals surface area contributed by atoms with E-state index in [1.807, 2.05) is 30.3 Å². The molecule has 0 fully saturated rings. The molecule has 0 bridgehead atoms. The lowest BCUT2D eigenvalue weighted by Gasteiger charge is -2.10. The molecule has 0 saturated carbocycles. The van der Waals surface area contributed by atoms with Crippen LogP contribution in [0.5, 0.6) is 11.5 Å². The molecule has 2 aromatic carbocycles. The Morgan fingerprint density at radius 2 is 1.79 bits per heavy atom. The van der Waals surface area contributed by atoms with Gasteiger partial charge in [-0.05, 0) is 12.1 Å². The maximum Gasteiger partial charge on any atom is 0.358 e. The van der Waals surface area contributed by atoms with Gasteiger partial charge in [-0.2, -0.15) is 0 Å². The van der Waals surface area contributed by atoms with E-state index in [1.54, 1.807) is 23.6 Å². The van der Waals surface area contributed by atoms with Gasteiger partial charge in [0.05, 0.1) is 14.2 Å². The van der Waals surface area contributed by atoms with Crippen molar-refractivity contribution in [3.05, 3.63) is 59.6 Å². The van der Waals surface area contributed by atoms with Crippen LogP contribution in [-0.4, -0.2) is 37.7 Å². The zero-order valence-electron chi connectivity index (χ0n) is 15.3. The van der Waals surface area contributed by atoms with E-state index >= 15 is 0 Å². The van der Waals surface area contributed by atoms with E-state index in [-0.39, 0.29) is 5.69 Å². The molecule has 0 radical (unpaired) electrons. The average molecular weight is 398 g/mol. The SMILES string of the molecule is COc1ccc(NC(=O)COC(=O)c2csc(-c3ccccc3)n2)cc1OC. The third kappa shape index (κ3) is 4.66. The summed E-state index contributed by atoms with van der Waals surface area (Å²) in [5.74, 6) is -0.0992. The van der Waals surface area contributed by atoms with Gasteiger partial charge in [-0.15, -0.1) is 11.3 Å². The molecule has 28 heavy (non-hydrogen) atoms. The van der Waals surface area contributed by atoms with E-state index < -0.39 is 18.5 Å². The zero-order chi connectivity index (χ0) is 19.9. The molecule has 1 amide bonds. The van der Waals surface area contributed by atoms with Gasteiger partial charge < -0.3 is 19.5 Å². The van der Waals surface area contributed by atoms with Crippen LogP contribution in [0.4, 0.5) is 5.69 Å². The second-order valence-electron chi connectivity index (χ2n) is 5.60. The van der Waals surface area contributed by atoms with Gasteiger partial charge in [0.2, 0.25) is 0 Å². The number of anilines is 1. The summed E-state index contributed by atoms with van der Waals surface area (Å²) in [7, 11) is 3.03. The number of esters is 1. The van der Waals surface area contributed by atoms with Crippen molar-refractivity contribution in [2.75, 3.05) is 26.1 Å². The summed E-state index contributed by atoms with van der Waals surface area (Å²) in [5, 5.41) is 4.95. The number of thiazole rings is 1. The minimum atomic E-state index is -0.652. The van der Waals surface area contributed by atoms with Crippen LogP contribution in [0, 0.1) is 0 Å². The van der Waals surface area contributed by atoms with Gasteiger partial charge in [-0.3, -0.25) is 4.79 Å². The fourth-order valence-corrected chi connectivity index (χ4v) is 3.19. The van der Waals surface area contributed by atoms with Crippen LogP contribution in [0.3, 0.4) is 0 Å². The number of carbonyl (C=O) groups is 2. The quantitative estimate of drug-likeness (QED) is 0.612. The number of rotatable bonds is 7. The van der Waals surface area contributed by atoms with Crippen LogP contribution in [0.25, 0.3) is 10.6 Å². The van der Waals surface area contributed by atoms with E-state index in [1.165, 1.54) is 25.6 Å². The highest BCUT2D eigenvalue weighted by Gasteiger charge is 2.15. The molecular formula is C20H18N2O5S. The molecule has 144 valence electrons. The molecular weight excluding hydrogens is 380 g/mol. The molecule has 0 aliphatic rings. The number of methoxy groups -OCH3 is 2. The molecule has 3 rings (SSSR count). The van der Waals surface area contributed by atoms with Crippen LogP contribution in [0.2, 0.25) is 0 Å². The van der Waals surface area contributed by atoms with Crippen molar-refractivity contribution in [2.24, 2.45) is 0 Å². The Hall–Kier alpha value is -3.39. The van der Waals surface area contributed by atoms with E-state index in [0.29, 0.717) is 22.2 Å². The third-order valence-corrected chi connectivity index (χ3v) is 4.63. The number of ether oxygens (including phenoxy) is 3. The predicted molar refractivity (Wildman–Crippen MR) is 106 cm³/mol. The Morgan fingerprint density at radius 1 is 1.04 bits per heavy atom. The molecule has 1 aromatic heterocycles. The highest BCUT2D eigenvalue weighted by Crippen LogP contribution is 2.29. The topological polar surface area (TPSA) is 86.8 Å². The first kappa shape index (κ1) is 19.4. The summed E-state index contributed by atoms with van der Waals surface area (Å²) in [4.78, 5) is 28.5. The monoisotopic (exact) mass is 398 g/mol. The Kier molecular flexibility index (Phi) is 6.23. The van der Waals surface area contributed by atoms with Crippen molar-refractivity contribution in [3.63, 3.8) is 0 Å². The molecule has 0 aliphatic carbocycles. The fourth-order valence-electron chi connectivity index (χ4n) is 2.40. The number of carbonyl (C=O) groups excluding carboxylic acids is 2. The van der Waals surface area contributed by atoms with Crippen LogP contribution in [0.1, 0.15) is 10.5 Å². The molecule has 8 heteroatoms. The van der Waals surface area contributed by atoms with Crippen LogP contribution in [0.15, 0.2) is 53.9 Å². The Morgan fingerprint density at radius 3 is 2.50 bits per heavy atom. The maximum absolute atomic E-state index is 12.1. The van der Waals surface area contributed by atoms with Crippen molar-refractivity contribution in [1.29, 1.82) is 0 Å². The molecule has 0 unspecified atom stereocenters. The summed E-state index contributed by atoms with van der Waals surface area (Å²) < 4.78 is 15.4. The Bertz CT molecular complexity index is 972. The van der Waals surface area contributed by atoms with Crippen molar-refractivity contribution in [2.45, 2.75) is 0 Å². The van der Waals surface area contributed by atoms with Gasteiger partial charge in [0.1, 0.15) is 5.01 Å². The number of amides is 1. The molecule has 0 aliphatic heterocycles. The predicted octanol–water partition coefficient (Wildman–Crippen LogP) is 3.62. The molecule has 1 N–H and O–H groups in total. The van der Waals surface area contributed by atoms with Crippen molar-refractivity contribution in [1.82, 2.24) is 4.98 Å². The lowest BCUT2D eigenvalue weighted by atomic mass is 10.2. The van der Waals surface area contributed by atoms with Crippen molar-refractivity contribution in [3.8, 4) is 22.1 Å². The van der Waals surface area contributed by atoms with Crippen LogP contribution < -0.4 is 14.8 Å². The molecule has 0 atom stereocenters. The van der Waals surface area contributed by atoms with Crippen LogP contribution >= 0.6 is 11.3 Å². The first-order valence-electron chi connectivity index (χ1n) is 8.30. The number of nitrogens with one attached hydrogen (secondary N) is 1. The number of aromatic nitrogens is 1. The summed E-state index contributed by atoms with van der Waals surface area (Å²) in [6, 6.07) is 14.5. The normalized spacial score (nSPS) is 10.2. The molecule has 1 heterocycles. The van der Waals surface area contributed by atoms with E-state index in [0.717, 1.165) is 5.56 Å². The van der Waals surface area contributed by atoms with Gasteiger partial charge in [0.15, 0.2) is 23.8 Å². The van der Waals surface area contributed by atoms with Crippen LogP contribution in [-0.2, 0) is 9.53 Å². The number of hydrogen-bond donors (Lipinski definition) is 1. The van der Waals surface area contributed by atoms with E-state index in [2.05, 4.69) is 10.3 Å². The minimum Gasteiger partial charge on any atom is -0.493 e. The number of nitrogens with zero attached hydrogens (tertiary/aromatic N) is 1. The van der Waals surface area contributed by atoms with Gasteiger partial charge in [-0.1, -0.05) is 30.3 Å². The van der Waals surface area contributed by atoms with E-state index in [9.17, 15) is 9.59 Å². The third-order valence-electron chi connectivity index (χ3n) is 3.74. The molecule has 0 saturated heterocycles. The smallest absolute Gasteiger partial charge is 0.358 e. The standard InChI is InChI=1S/C20H18N2O5S/c1-25-16-9-8-14(10-17(16)26-2)21-18(23)11-27-20(24)15-12-28-19(22-15)13-6-4-3-5-7-13/h3-10,12H,11H2,1-2H3,(H,21,23). The largest absolute Gasteiger partial charge is 0.493 e. The van der Waals surface area contributed by atoms with Gasteiger partial charge >= 0.3 is 5.97 Å². The summed E-state index contributed by atoms with van der Waals surface area (Å²) in [6.45, 7) is -0.425. The summed E-state index contributed by atoms with van der Waals surface area (Å²) in [5.41, 5.74) is 1.58. The highest BCUT2D eigenvalue weighted by atomic mass is 32.1. The molecule has 0 spiro atoms. The van der Waals surface area contributed by atoms with Crippen molar-refractivity contribution < 1.29 is 23.8 Å². The maximum atomic E-state index is 12.1. The fraction of sp³-hybridized carbons (Fsp3) is 0.150. The molecule has 3 aromatic rings. The highest BCUT2D eigenvalue weighted by molar-refractivity contribution is 7.13. The first-order valence-corrected chi connectivity index (χ1v) is 9.18. The lowest BCUT2D eigenvalue weighted by molar-refractivity contribution is -0.119. The van der Waals surface area contributed by atoms with E-state index in [4.69, 9.17) is 14.2 Å². The first-order chi connectivity index (χ1) is 13.6. The zero-order valence-corrected chi connectivity index (χ0v) is 16.1. The van der Waals surface area contributed by atoms with Gasteiger partial charge in [0, 0.05) is 22.7 Å². The average Bonchev–Trinajstić information content (AvgIpc) is 3.23. The minimum absolute atomic E-state index is 0.169. The number of hydrogen-bond acceptors (Lipinski definition) is 7. The second-order valence-corrected chi connectivity index (χ2v) is 6.46. The second kappa shape index (κ2) is 9.01. The lowest BCUT2D eigenvalue weighted by Crippen LogP contribution is -2.21. The molecule has 7 nitrogen and oxygen atoms in total. The Labute approximate surface area is 165 Å². The van der Waals surface area contributed by atoms with Gasteiger partial charge in [-0.25, -0.2) is 9.78 Å². The Balaban J connectivity index is 1.56. The summed E-state index contributed by atoms with van der Waals surface area (Å²) >= 11 is 1.34. The summed E-state index contributed by atoms with van der Waals surface area (Å²) in [6.07, 6.45) is 0. The van der Waals surface area contributed by atoms with Crippen molar-refractivity contribution >= 4 is 28.9 Å². The number of benzene rings is 2. The van der Waals surface area contributed by atoms with Gasteiger partial charge in [0.25, 0.3) is 5.91 Å².